The van der Waals surface area contributed by atoms with Crippen molar-refractivity contribution < 1.29 is 10.2 Å². The van der Waals surface area contributed by atoms with E-state index in [1.54, 1.807) is 18.3 Å². The number of hydrogen-bond donors (Lipinski definition) is 3. The lowest BCUT2D eigenvalue weighted by atomic mass is 10.3. The molecule has 21 heavy (non-hydrogen) atoms. The second-order valence-electron chi connectivity index (χ2n) is 4.31. The molecule has 0 aliphatic rings. The quantitative estimate of drug-likeness (QED) is 0.755. The fourth-order valence-corrected chi connectivity index (χ4v) is 2.44. The van der Waals surface area contributed by atoms with Crippen LogP contribution in [-0.4, -0.2) is 34.5 Å². The van der Waals surface area contributed by atoms with Crippen LogP contribution in [0.4, 0.5) is 5.69 Å². The maximum Gasteiger partial charge on any atom is 0.119 e. The van der Waals surface area contributed by atoms with Gasteiger partial charge in [-0.2, -0.15) is 5.26 Å². The van der Waals surface area contributed by atoms with Gasteiger partial charge in [0.15, 0.2) is 0 Å². The molecule has 0 bridgehead atoms. The first-order valence-corrected chi connectivity index (χ1v) is 7.20. The smallest absolute Gasteiger partial charge is 0.119 e. The number of benzene rings is 1. The zero-order chi connectivity index (χ0) is 15.1. The number of rotatable bonds is 6. The van der Waals surface area contributed by atoms with Gasteiger partial charge in [-0.25, -0.2) is 4.98 Å². The fourth-order valence-electron chi connectivity index (χ4n) is 1.61. The third-order valence-electron chi connectivity index (χ3n) is 2.71. The maximum absolute atomic E-state index is 9.27. The molecule has 1 unspecified atom stereocenters. The average Bonchev–Trinajstić information content (AvgIpc) is 2.54. The Morgan fingerprint density at radius 2 is 2.05 bits per heavy atom. The van der Waals surface area contributed by atoms with Crippen molar-refractivity contribution in [3.63, 3.8) is 0 Å². The molecule has 0 aliphatic heterocycles. The van der Waals surface area contributed by atoms with Gasteiger partial charge in [0, 0.05) is 23.3 Å². The van der Waals surface area contributed by atoms with E-state index in [-0.39, 0.29) is 6.61 Å². The van der Waals surface area contributed by atoms with Gasteiger partial charge in [0.05, 0.1) is 18.3 Å². The van der Waals surface area contributed by atoms with Gasteiger partial charge in [-0.1, -0.05) is 11.8 Å². The molecule has 1 atom stereocenters. The third kappa shape index (κ3) is 4.46. The summed E-state index contributed by atoms with van der Waals surface area (Å²) in [4.78, 5) is 5.17. The van der Waals surface area contributed by atoms with Crippen LogP contribution in [0.15, 0.2) is 52.5 Å². The molecule has 0 aliphatic carbocycles. The lowest BCUT2D eigenvalue weighted by Crippen LogP contribution is -2.22. The molecule has 0 saturated carbocycles. The molecule has 0 spiro atoms. The molecule has 6 heteroatoms. The molecule has 1 aromatic carbocycles. The van der Waals surface area contributed by atoms with Gasteiger partial charge in [-0.15, -0.1) is 0 Å². The molecular weight excluding hydrogens is 286 g/mol. The topological polar surface area (TPSA) is 89.2 Å². The van der Waals surface area contributed by atoms with E-state index >= 15 is 0 Å². The van der Waals surface area contributed by atoms with Crippen LogP contribution in [0.3, 0.4) is 0 Å². The zero-order valence-corrected chi connectivity index (χ0v) is 12.0. The van der Waals surface area contributed by atoms with Gasteiger partial charge in [-0.05, 0) is 36.4 Å². The third-order valence-corrected chi connectivity index (χ3v) is 3.74. The molecule has 108 valence electrons. The van der Waals surface area contributed by atoms with Gasteiger partial charge < -0.3 is 15.5 Å². The van der Waals surface area contributed by atoms with Gasteiger partial charge in [0.1, 0.15) is 11.1 Å². The maximum atomic E-state index is 9.27. The molecule has 3 N–H and O–H groups in total. The summed E-state index contributed by atoms with van der Waals surface area (Å²) < 4.78 is 0. The molecule has 0 saturated heterocycles. The van der Waals surface area contributed by atoms with Gasteiger partial charge in [0.25, 0.3) is 0 Å². The SMILES string of the molecule is N#Cc1cccnc1Sc1ccc(NCC(O)CO)cc1. The van der Waals surface area contributed by atoms with E-state index in [1.165, 1.54) is 11.8 Å². The van der Waals surface area contributed by atoms with Crippen molar-refractivity contribution in [2.24, 2.45) is 0 Å². The predicted molar refractivity (Wildman–Crippen MR) is 81.1 cm³/mol. The molecule has 0 fully saturated rings. The Hall–Kier alpha value is -2.07. The van der Waals surface area contributed by atoms with Gasteiger partial charge in [0.2, 0.25) is 0 Å². The molecule has 1 heterocycles. The van der Waals surface area contributed by atoms with Crippen LogP contribution in [-0.2, 0) is 0 Å². The van der Waals surface area contributed by atoms with Crippen LogP contribution in [0.1, 0.15) is 5.56 Å². The first-order valence-electron chi connectivity index (χ1n) is 6.38. The Morgan fingerprint density at radius 3 is 2.71 bits per heavy atom. The minimum atomic E-state index is -0.772. The highest BCUT2D eigenvalue weighted by Crippen LogP contribution is 2.29. The Kier molecular flexibility index (Phi) is 5.58. The van der Waals surface area contributed by atoms with E-state index in [2.05, 4.69) is 16.4 Å². The van der Waals surface area contributed by atoms with Crippen LogP contribution < -0.4 is 5.32 Å². The monoisotopic (exact) mass is 301 g/mol. The summed E-state index contributed by atoms with van der Waals surface area (Å²) in [7, 11) is 0. The molecular formula is C15H15N3O2S. The summed E-state index contributed by atoms with van der Waals surface area (Å²) in [6.07, 6.45) is 0.890. The molecule has 5 nitrogen and oxygen atoms in total. The first-order chi connectivity index (χ1) is 10.2. The van der Waals surface area contributed by atoms with Crippen molar-refractivity contribution in [2.75, 3.05) is 18.5 Å². The highest BCUT2D eigenvalue weighted by molar-refractivity contribution is 7.99. The van der Waals surface area contributed by atoms with Crippen molar-refractivity contribution >= 4 is 17.4 Å². The second kappa shape index (κ2) is 7.64. The summed E-state index contributed by atoms with van der Waals surface area (Å²) in [6, 6.07) is 13.2. The Morgan fingerprint density at radius 1 is 1.29 bits per heavy atom. The number of aromatic nitrogens is 1. The van der Waals surface area contributed by atoms with Crippen molar-refractivity contribution in [3.05, 3.63) is 48.2 Å². The summed E-state index contributed by atoms with van der Waals surface area (Å²) in [5.74, 6) is 0. The van der Waals surface area contributed by atoms with E-state index in [0.29, 0.717) is 17.1 Å². The number of anilines is 1. The minimum Gasteiger partial charge on any atom is -0.394 e. The summed E-state index contributed by atoms with van der Waals surface area (Å²) in [5.41, 5.74) is 1.41. The molecule has 2 rings (SSSR count). The summed E-state index contributed by atoms with van der Waals surface area (Å²) >= 11 is 1.43. The molecule has 1 aromatic heterocycles. The van der Waals surface area contributed by atoms with E-state index in [4.69, 9.17) is 10.4 Å². The van der Waals surface area contributed by atoms with E-state index in [1.807, 2.05) is 24.3 Å². The Bertz CT molecular complexity index is 626. The van der Waals surface area contributed by atoms with Crippen LogP contribution in [0.2, 0.25) is 0 Å². The number of nitrogens with one attached hydrogen (secondary N) is 1. The number of pyridine rings is 1. The van der Waals surface area contributed by atoms with Crippen molar-refractivity contribution in [2.45, 2.75) is 16.0 Å². The molecule has 0 radical (unpaired) electrons. The van der Waals surface area contributed by atoms with E-state index < -0.39 is 6.10 Å². The lowest BCUT2D eigenvalue weighted by molar-refractivity contribution is 0.105. The summed E-state index contributed by atoms with van der Waals surface area (Å²) in [5, 5.41) is 30.7. The average molecular weight is 301 g/mol. The van der Waals surface area contributed by atoms with E-state index in [9.17, 15) is 5.11 Å². The standard InChI is InChI=1S/C15H15N3O2S/c16-8-11-2-1-7-17-15(11)21-14-5-3-12(4-6-14)18-9-13(20)10-19/h1-7,13,18-20H,9-10H2. The normalized spacial score (nSPS) is 11.7. The number of nitrogens with zero attached hydrogens (tertiary/aromatic N) is 2. The van der Waals surface area contributed by atoms with Crippen LogP contribution >= 0.6 is 11.8 Å². The van der Waals surface area contributed by atoms with Crippen molar-refractivity contribution in [1.29, 1.82) is 5.26 Å². The van der Waals surface area contributed by atoms with E-state index in [0.717, 1.165) is 10.6 Å². The number of aliphatic hydroxyl groups is 2. The second-order valence-corrected chi connectivity index (χ2v) is 5.37. The number of aliphatic hydroxyl groups excluding tert-OH is 2. The van der Waals surface area contributed by atoms with Crippen LogP contribution in [0.25, 0.3) is 0 Å². The molecule has 2 aromatic rings. The summed E-state index contributed by atoms with van der Waals surface area (Å²) in [6.45, 7) is 0.0271. The van der Waals surface area contributed by atoms with Gasteiger partial charge in [-0.3, -0.25) is 0 Å². The van der Waals surface area contributed by atoms with Crippen LogP contribution in [0.5, 0.6) is 0 Å². The fraction of sp³-hybridized carbons (Fsp3) is 0.200. The first kappa shape index (κ1) is 15.3. The Balaban J connectivity index is 2.01. The number of hydrogen-bond acceptors (Lipinski definition) is 6. The van der Waals surface area contributed by atoms with Gasteiger partial charge >= 0.3 is 0 Å². The molecule has 0 amide bonds. The lowest BCUT2D eigenvalue weighted by Gasteiger charge is -2.10. The predicted octanol–water partition coefficient (Wildman–Crippen LogP) is 1.87. The minimum absolute atomic E-state index is 0.266. The largest absolute Gasteiger partial charge is 0.394 e. The zero-order valence-electron chi connectivity index (χ0n) is 11.2. The highest BCUT2D eigenvalue weighted by atomic mass is 32.2. The van der Waals surface area contributed by atoms with Crippen molar-refractivity contribution in [1.82, 2.24) is 4.98 Å². The highest BCUT2D eigenvalue weighted by Gasteiger charge is 2.05. The Labute approximate surface area is 127 Å². The van der Waals surface area contributed by atoms with Crippen molar-refractivity contribution in [3.8, 4) is 6.07 Å². The van der Waals surface area contributed by atoms with Crippen LogP contribution in [0, 0.1) is 11.3 Å². The number of nitriles is 1.